The Hall–Kier alpha value is -1.96. The Morgan fingerprint density at radius 3 is 1.38 bits per heavy atom. The maximum absolute atomic E-state index is 5.21. The van der Waals surface area contributed by atoms with Crippen LogP contribution in [0.2, 0.25) is 0 Å². The maximum atomic E-state index is 5.21. The van der Waals surface area contributed by atoms with Gasteiger partial charge in [-0.15, -0.1) is 0 Å². The molecule has 0 unspecified atom stereocenters. The van der Waals surface area contributed by atoms with Crippen molar-refractivity contribution in [3.8, 4) is 11.5 Å². The second-order valence-electron chi connectivity index (χ2n) is 5.38. The second-order valence-corrected chi connectivity index (χ2v) is 5.38. The first-order chi connectivity index (χ1) is 10.2. The number of benzene rings is 2. The normalized spacial score (nSPS) is 10.7. The summed E-state index contributed by atoms with van der Waals surface area (Å²) in [5, 5.41) is 0. The summed E-state index contributed by atoms with van der Waals surface area (Å²) in [6, 6.07) is 16.8. The lowest BCUT2D eigenvalue weighted by Gasteiger charge is -2.15. The van der Waals surface area contributed by atoms with Crippen molar-refractivity contribution in [1.82, 2.24) is 0 Å². The minimum absolute atomic E-state index is 0.659. The minimum Gasteiger partial charge on any atom is -0.497 e. The van der Waals surface area contributed by atoms with E-state index < -0.39 is 0 Å². The average molecular weight is 284 g/mol. The van der Waals surface area contributed by atoms with Gasteiger partial charge in [-0.3, -0.25) is 0 Å². The van der Waals surface area contributed by atoms with Gasteiger partial charge < -0.3 is 9.47 Å². The predicted octanol–water partition coefficient (Wildman–Crippen LogP) is 4.52. The third-order valence-electron chi connectivity index (χ3n) is 3.94. The highest BCUT2D eigenvalue weighted by Crippen LogP contribution is 2.21. The van der Waals surface area contributed by atoms with Crippen molar-refractivity contribution in [2.24, 2.45) is 5.92 Å². The van der Waals surface area contributed by atoms with E-state index >= 15 is 0 Å². The van der Waals surface area contributed by atoms with Gasteiger partial charge in [0.05, 0.1) is 14.2 Å². The third kappa shape index (κ3) is 4.52. The molecule has 0 fully saturated rings. The molecule has 21 heavy (non-hydrogen) atoms. The van der Waals surface area contributed by atoms with Crippen LogP contribution in [0.4, 0.5) is 0 Å². The van der Waals surface area contributed by atoms with Gasteiger partial charge in [0.2, 0.25) is 0 Å². The molecule has 2 aromatic carbocycles. The average Bonchev–Trinajstić information content (AvgIpc) is 2.55. The lowest BCUT2D eigenvalue weighted by molar-refractivity contribution is 0.414. The van der Waals surface area contributed by atoms with Gasteiger partial charge in [0.25, 0.3) is 0 Å². The Morgan fingerprint density at radius 2 is 1.10 bits per heavy atom. The quantitative estimate of drug-likeness (QED) is 0.744. The summed E-state index contributed by atoms with van der Waals surface area (Å²) < 4.78 is 10.4. The Bertz CT molecular complexity index is 479. The predicted molar refractivity (Wildman–Crippen MR) is 87.2 cm³/mol. The van der Waals surface area contributed by atoms with Gasteiger partial charge >= 0.3 is 0 Å². The van der Waals surface area contributed by atoms with Gasteiger partial charge in [-0.2, -0.15) is 0 Å². The molecule has 0 bridgehead atoms. The summed E-state index contributed by atoms with van der Waals surface area (Å²) in [6.07, 6.45) is 3.39. The van der Waals surface area contributed by atoms with E-state index in [0.29, 0.717) is 5.92 Å². The Balaban J connectivity index is 1.98. The SMILES string of the molecule is CCC(Cc1ccc(OC)cc1)Cc1ccc(OC)cc1. The summed E-state index contributed by atoms with van der Waals surface area (Å²) in [6.45, 7) is 2.26. The number of ether oxygens (including phenoxy) is 2. The largest absolute Gasteiger partial charge is 0.497 e. The van der Waals surface area contributed by atoms with E-state index in [0.717, 1.165) is 24.3 Å². The van der Waals surface area contributed by atoms with Crippen LogP contribution in [-0.4, -0.2) is 14.2 Å². The monoisotopic (exact) mass is 284 g/mol. The van der Waals surface area contributed by atoms with Crippen molar-refractivity contribution in [1.29, 1.82) is 0 Å². The topological polar surface area (TPSA) is 18.5 Å². The molecule has 2 aromatic rings. The fourth-order valence-corrected chi connectivity index (χ4v) is 2.55. The Labute approximate surface area is 127 Å². The molecule has 2 rings (SSSR count). The number of hydrogen-bond donors (Lipinski definition) is 0. The molecule has 0 amide bonds. The summed E-state index contributed by atoms with van der Waals surface area (Å²) >= 11 is 0. The lowest BCUT2D eigenvalue weighted by atomic mass is 9.90. The molecular weight excluding hydrogens is 260 g/mol. The molecular formula is C19H24O2. The van der Waals surface area contributed by atoms with Crippen LogP contribution in [-0.2, 0) is 12.8 Å². The Morgan fingerprint density at radius 1 is 0.714 bits per heavy atom. The van der Waals surface area contributed by atoms with Crippen LogP contribution in [0, 0.1) is 5.92 Å². The lowest BCUT2D eigenvalue weighted by Crippen LogP contribution is -2.07. The van der Waals surface area contributed by atoms with Crippen LogP contribution in [0.1, 0.15) is 24.5 Å². The van der Waals surface area contributed by atoms with Crippen LogP contribution in [0.15, 0.2) is 48.5 Å². The van der Waals surface area contributed by atoms with E-state index in [1.807, 2.05) is 24.3 Å². The molecule has 0 aliphatic carbocycles. The number of hydrogen-bond acceptors (Lipinski definition) is 2. The van der Waals surface area contributed by atoms with Crippen LogP contribution in [0.3, 0.4) is 0 Å². The van der Waals surface area contributed by atoms with Crippen molar-refractivity contribution < 1.29 is 9.47 Å². The van der Waals surface area contributed by atoms with Crippen molar-refractivity contribution >= 4 is 0 Å². The van der Waals surface area contributed by atoms with Crippen LogP contribution in [0.5, 0.6) is 11.5 Å². The van der Waals surface area contributed by atoms with Crippen LogP contribution in [0.25, 0.3) is 0 Å². The smallest absolute Gasteiger partial charge is 0.118 e. The van der Waals surface area contributed by atoms with Crippen molar-refractivity contribution in [3.05, 3.63) is 59.7 Å². The minimum atomic E-state index is 0.659. The highest BCUT2D eigenvalue weighted by molar-refractivity contribution is 5.29. The molecule has 0 aromatic heterocycles. The molecule has 0 aliphatic rings. The van der Waals surface area contributed by atoms with Crippen molar-refractivity contribution in [2.45, 2.75) is 26.2 Å². The van der Waals surface area contributed by atoms with E-state index in [1.54, 1.807) is 14.2 Å². The first-order valence-corrected chi connectivity index (χ1v) is 7.51. The van der Waals surface area contributed by atoms with Crippen LogP contribution < -0.4 is 9.47 Å². The second kappa shape index (κ2) is 7.72. The first-order valence-electron chi connectivity index (χ1n) is 7.51. The highest BCUT2D eigenvalue weighted by atomic mass is 16.5. The summed E-state index contributed by atoms with van der Waals surface area (Å²) in [5.41, 5.74) is 2.74. The number of methoxy groups -OCH3 is 2. The van der Waals surface area contributed by atoms with E-state index in [2.05, 4.69) is 31.2 Å². The fraction of sp³-hybridized carbons (Fsp3) is 0.368. The van der Waals surface area contributed by atoms with Gasteiger partial charge in [0.1, 0.15) is 11.5 Å². The molecule has 2 nitrogen and oxygen atoms in total. The summed E-state index contributed by atoms with van der Waals surface area (Å²) in [7, 11) is 3.40. The molecule has 0 heterocycles. The number of rotatable bonds is 7. The first kappa shape index (κ1) is 15.4. The summed E-state index contributed by atoms with van der Waals surface area (Å²) in [5.74, 6) is 2.50. The zero-order valence-corrected chi connectivity index (χ0v) is 13.1. The van der Waals surface area contributed by atoms with Gasteiger partial charge in [0.15, 0.2) is 0 Å². The molecule has 112 valence electrons. The van der Waals surface area contributed by atoms with Gasteiger partial charge in [-0.05, 0) is 54.2 Å². The van der Waals surface area contributed by atoms with Crippen molar-refractivity contribution in [3.63, 3.8) is 0 Å². The Kier molecular flexibility index (Phi) is 5.68. The summed E-state index contributed by atoms with van der Waals surface area (Å²) in [4.78, 5) is 0. The standard InChI is InChI=1S/C19H24O2/c1-4-15(13-16-5-9-18(20-2)10-6-16)14-17-7-11-19(21-3)12-8-17/h5-12,15H,4,13-14H2,1-3H3. The zero-order chi connectivity index (χ0) is 15.1. The van der Waals surface area contributed by atoms with E-state index in [9.17, 15) is 0 Å². The van der Waals surface area contributed by atoms with E-state index in [-0.39, 0.29) is 0 Å². The fourth-order valence-electron chi connectivity index (χ4n) is 2.55. The molecule has 0 saturated carbocycles. The molecule has 0 aliphatic heterocycles. The van der Waals surface area contributed by atoms with Crippen molar-refractivity contribution in [2.75, 3.05) is 14.2 Å². The maximum Gasteiger partial charge on any atom is 0.118 e. The van der Waals surface area contributed by atoms with E-state index in [4.69, 9.17) is 9.47 Å². The molecule has 2 heteroatoms. The van der Waals surface area contributed by atoms with Crippen LogP contribution >= 0.6 is 0 Å². The molecule has 0 radical (unpaired) electrons. The van der Waals surface area contributed by atoms with Gasteiger partial charge in [0, 0.05) is 0 Å². The van der Waals surface area contributed by atoms with Gasteiger partial charge in [-0.25, -0.2) is 0 Å². The zero-order valence-electron chi connectivity index (χ0n) is 13.1. The molecule has 0 spiro atoms. The van der Waals surface area contributed by atoms with E-state index in [1.165, 1.54) is 17.5 Å². The third-order valence-corrected chi connectivity index (χ3v) is 3.94. The molecule has 0 atom stereocenters. The highest BCUT2D eigenvalue weighted by Gasteiger charge is 2.09. The molecule has 0 N–H and O–H groups in total. The molecule has 0 saturated heterocycles. The van der Waals surface area contributed by atoms with Gasteiger partial charge in [-0.1, -0.05) is 37.6 Å².